The van der Waals surface area contributed by atoms with Crippen LogP contribution in [-0.4, -0.2) is 19.1 Å². The van der Waals surface area contributed by atoms with E-state index in [0.29, 0.717) is 6.54 Å². The van der Waals surface area contributed by atoms with Crippen LogP contribution in [0.1, 0.15) is 17.5 Å². The Morgan fingerprint density at radius 3 is 2.33 bits per heavy atom. The molecule has 0 unspecified atom stereocenters. The van der Waals surface area contributed by atoms with Crippen molar-refractivity contribution < 1.29 is 0 Å². The van der Waals surface area contributed by atoms with E-state index < -0.39 is 0 Å². The summed E-state index contributed by atoms with van der Waals surface area (Å²) < 4.78 is 0. The molecule has 0 saturated heterocycles. The maximum Gasteiger partial charge on any atom is 0.123 e. The van der Waals surface area contributed by atoms with Gasteiger partial charge in [0.15, 0.2) is 0 Å². The Kier molecular flexibility index (Phi) is 3.99. The molecule has 3 nitrogen and oxygen atoms in total. The van der Waals surface area contributed by atoms with Crippen molar-refractivity contribution in [2.75, 3.05) is 19.0 Å². The first-order valence-corrected chi connectivity index (χ1v) is 6.93. The SMILES string of the molecule is CCc1nc(-c2ccc(N(C)C)cc2)sc1CN. The zero-order valence-electron chi connectivity index (χ0n) is 11.1. The third-order valence-electron chi connectivity index (χ3n) is 2.93. The molecule has 0 spiro atoms. The molecule has 0 atom stereocenters. The van der Waals surface area contributed by atoms with Gasteiger partial charge >= 0.3 is 0 Å². The summed E-state index contributed by atoms with van der Waals surface area (Å²) in [6, 6.07) is 8.47. The van der Waals surface area contributed by atoms with Crippen LogP contribution in [0.5, 0.6) is 0 Å². The van der Waals surface area contributed by atoms with E-state index in [1.54, 1.807) is 11.3 Å². The van der Waals surface area contributed by atoms with Crippen molar-refractivity contribution >= 4 is 17.0 Å². The van der Waals surface area contributed by atoms with Crippen molar-refractivity contribution in [2.45, 2.75) is 19.9 Å². The Morgan fingerprint density at radius 2 is 1.89 bits per heavy atom. The van der Waals surface area contributed by atoms with E-state index >= 15 is 0 Å². The number of aryl methyl sites for hydroxylation is 1. The summed E-state index contributed by atoms with van der Waals surface area (Å²) in [5, 5.41) is 1.07. The molecule has 2 aromatic rings. The molecule has 0 fully saturated rings. The Labute approximate surface area is 112 Å². The van der Waals surface area contributed by atoms with Gasteiger partial charge in [-0.05, 0) is 30.7 Å². The maximum absolute atomic E-state index is 5.75. The lowest BCUT2D eigenvalue weighted by Crippen LogP contribution is -2.07. The monoisotopic (exact) mass is 261 g/mol. The molecule has 1 heterocycles. The lowest BCUT2D eigenvalue weighted by atomic mass is 10.2. The van der Waals surface area contributed by atoms with Crippen LogP contribution in [-0.2, 0) is 13.0 Å². The van der Waals surface area contributed by atoms with Crippen molar-refractivity contribution in [2.24, 2.45) is 5.73 Å². The van der Waals surface area contributed by atoms with Crippen molar-refractivity contribution in [1.29, 1.82) is 0 Å². The molecule has 0 aliphatic carbocycles. The third kappa shape index (κ3) is 2.54. The number of rotatable bonds is 4. The fourth-order valence-electron chi connectivity index (χ4n) is 1.84. The second-order valence-electron chi connectivity index (χ2n) is 4.39. The fraction of sp³-hybridized carbons (Fsp3) is 0.357. The van der Waals surface area contributed by atoms with Gasteiger partial charge in [0, 0.05) is 36.8 Å². The molecule has 1 aromatic heterocycles. The summed E-state index contributed by atoms with van der Waals surface area (Å²) in [5.74, 6) is 0. The molecular weight excluding hydrogens is 242 g/mol. The number of benzene rings is 1. The zero-order chi connectivity index (χ0) is 13.1. The van der Waals surface area contributed by atoms with Crippen LogP contribution in [0.15, 0.2) is 24.3 Å². The predicted molar refractivity (Wildman–Crippen MR) is 79.1 cm³/mol. The predicted octanol–water partition coefficient (Wildman–Crippen LogP) is 2.90. The molecule has 0 radical (unpaired) electrons. The van der Waals surface area contributed by atoms with Crippen LogP contribution in [0.25, 0.3) is 10.6 Å². The summed E-state index contributed by atoms with van der Waals surface area (Å²) in [4.78, 5) is 7.96. The highest BCUT2D eigenvalue weighted by molar-refractivity contribution is 7.15. The van der Waals surface area contributed by atoms with E-state index in [0.717, 1.165) is 17.1 Å². The average molecular weight is 261 g/mol. The standard InChI is InChI=1S/C14H19N3S/c1-4-12-13(9-15)18-14(16-12)10-5-7-11(8-6-10)17(2)3/h5-8H,4,9,15H2,1-3H3. The van der Waals surface area contributed by atoms with Crippen LogP contribution in [0, 0.1) is 0 Å². The maximum atomic E-state index is 5.75. The fourth-order valence-corrected chi connectivity index (χ4v) is 2.88. The quantitative estimate of drug-likeness (QED) is 0.920. The first-order valence-electron chi connectivity index (χ1n) is 6.12. The number of hydrogen-bond donors (Lipinski definition) is 1. The number of anilines is 1. The van der Waals surface area contributed by atoms with E-state index in [-0.39, 0.29) is 0 Å². The lowest BCUT2D eigenvalue weighted by molar-refractivity contribution is 0.989. The number of aromatic nitrogens is 1. The highest BCUT2D eigenvalue weighted by atomic mass is 32.1. The second kappa shape index (κ2) is 5.50. The van der Waals surface area contributed by atoms with Gasteiger partial charge in [0.2, 0.25) is 0 Å². The first-order chi connectivity index (χ1) is 8.65. The van der Waals surface area contributed by atoms with Crippen LogP contribution >= 0.6 is 11.3 Å². The molecule has 0 aliphatic rings. The van der Waals surface area contributed by atoms with E-state index in [4.69, 9.17) is 5.73 Å². The van der Waals surface area contributed by atoms with Gasteiger partial charge in [-0.25, -0.2) is 4.98 Å². The molecule has 1 aromatic carbocycles. The highest BCUT2D eigenvalue weighted by Gasteiger charge is 2.10. The molecule has 0 bridgehead atoms. The minimum Gasteiger partial charge on any atom is -0.378 e. The minimum absolute atomic E-state index is 0.580. The van der Waals surface area contributed by atoms with E-state index in [2.05, 4.69) is 41.1 Å². The average Bonchev–Trinajstić information content (AvgIpc) is 2.82. The van der Waals surface area contributed by atoms with Gasteiger partial charge in [-0.1, -0.05) is 6.92 Å². The summed E-state index contributed by atoms with van der Waals surface area (Å²) in [5.41, 5.74) is 9.24. The van der Waals surface area contributed by atoms with Crippen molar-refractivity contribution in [1.82, 2.24) is 4.98 Å². The Balaban J connectivity index is 2.33. The summed E-state index contributed by atoms with van der Waals surface area (Å²) in [7, 11) is 4.08. The molecule has 0 aliphatic heterocycles. The lowest BCUT2D eigenvalue weighted by Gasteiger charge is -2.11. The smallest absolute Gasteiger partial charge is 0.123 e. The molecule has 18 heavy (non-hydrogen) atoms. The topological polar surface area (TPSA) is 42.2 Å². The zero-order valence-corrected chi connectivity index (χ0v) is 11.9. The molecule has 2 rings (SSSR count). The van der Waals surface area contributed by atoms with E-state index in [1.807, 2.05) is 14.1 Å². The summed E-state index contributed by atoms with van der Waals surface area (Å²) >= 11 is 1.70. The van der Waals surface area contributed by atoms with Crippen LogP contribution in [0.3, 0.4) is 0 Å². The Hall–Kier alpha value is -1.39. The van der Waals surface area contributed by atoms with Crippen molar-refractivity contribution in [3.8, 4) is 10.6 Å². The van der Waals surface area contributed by atoms with Crippen LogP contribution < -0.4 is 10.6 Å². The third-order valence-corrected chi connectivity index (χ3v) is 4.10. The van der Waals surface area contributed by atoms with Crippen LogP contribution in [0.4, 0.5) is 5.69 Å². The number of nitrogens with two attached hydrogens (primary N) is 1. The first kappa shape index (κ1) is 13.1. The largest absolute Gasteiger partial charge is 0.378 e. The van der Waals surface area contributed by atoms with Gasteiger partial charge in [0.1, 0.15) is 5.01 Å². The molecule has 4 heteroatoms. The number of hydrogen-bond acceptors (Lipinski definition) is 4. The van der Waals surface area contributed by atoms with Gasteiger partial charge in [0.25, 0.3) is 0 Å². The minimum atomic E-state index is 0.580. The Morgan fingerprint density at radius 1 is 1.22 bits per heavy atom. The van der Waals surface area contributed by atoms with E-state index in [9.17, 15) is 0 Å². The summed E-state index contributed by atoms with van der Waals surface area (Å²) in [6.07, 6.45) is 0.943. The molecule has 2 N–H and O–H groups in total. The summed E-state index contributed by atoms with van der Waals surface area (Å²) in [6.45, 7) is 2.70. The molecule has 0 amide bonds. The molecule has 96 valence electrons. The molecular formula is C14H19N3S. The Bertz CT molecular complexity index is 493. The van der Waals surface area contributed by atoms with Gasteiger partial charge in [-0.15, -0.1) is 11.3 Å². The molecule has 0 saturated carbocycles. The van der Waals surface area contributed by atoms with Gasteiger partial charge in [-0.2, -0.15) is 0 Å². The van der Waals surface area contributed by atoms with Crippen LogP contribution in [0.2, 0.25) is 0 Å². The highest BCUT2D eigenvalue weighted by Crippen LogP contribution is 2.29. The van der Waals surface area contributed by atoms with E-state index in [1.165, 1.54) is 16.1 Å². The number of nitrogens with zero attached hydrogens (tertiary/aromatic N) is 2. The van der Waals surface area contributed by atoms with Crippen molar-refractivity contribution in [3.63, 3.8) is 0 Å². The van der Waals surface area contributed by atoms with Crippen molar-refractivity contribution in [3.05, 3.63) is 34.8 Å². The van der Waals surface area contributed by atoms with Gasteiger partial charge < -0.3 is 10.6 Å². The van der Waals surface area contributed by atoms with Gasteiger partial charge in [0.05, 0.1) is 5.69 Å². The van der Waals surface area contributed by atoms with Gasteiger partial charge in [-0.3, -0.25) is 0 Å². The normalized spacial score (nSPS) is 10.7. The second-order valence-corrected chi connectivity index (χ2v) is 5.47. The number of thiazole rings is 1.